The number of hydrogen-bond donors (Lipinski definition) is 0. The van der Waals surface area contributed by atoms with Crippen molar-refractivity contribution < 1.29 is 12.9 Å². The number of aromatic nitrogens is 1. The van der Waals surface area contributed by atoms with Crippen LogP contribution >= 0.6 is 0 Å². The lowest BCUT2D eigenvalue weighted by molar-refractivity contribution is 0.277. The second kappa shape index (κ2) is 5.65. The summed E-state index contributed by atoms with van der Waals surface area (Å²) in [5, 5.41) is 4.08. The van der Waals surface area contributed by atoms with Crippen LogP contribution < -0.4 is 0 Å². The number of amidine groups is 1. The SMILES string of the molecule is Cc1cc(CN2CC3CN(C4=NS(=O)(=O)c5ccccc54)CC3C2)no1. The summed E-state index contributed by atoms with van der Waals surface area (Å²) in [4.78, 5) is 4.89. The van der Waals surface area contributed by atoms with Gasteiger partial charge in [-0.1, -0.05) is 17.3 Å². The molecule has 26 heavy (non-hydrogen) atoms. The van der Waals surface area contributed by atoms with E-state index in [1.165, 1.54) is 0 Å². The smallest absolute Gasteiger partial charge is 0.285 e. The predicted molar refractivity (Wildman–Crippen MR) is 95.2 cm³/mol. The summed E-state index contributed by atoms with van der Waals surface area (Å²) in [6.07, 6.45) is 0. The fraction of sp³-hybridized carbons (Fsp3) is 0.444. The van der Waals surface area contributed by atoms with Crippen molar-refractivity contribution in [1.82, 2.24) is 15.0 Å². The summed E-state index contributed by atoms with van der Waals surface area (Å²) < 4.78 is 33.8. The molecule has 2 atom stereocenters. The Morgan fingerprint density at radius 1 is 1.15 bits per heavy atom. The van der Waals surface area contributed by atoms with Crippen molar-refractivity contribution in [3.8, 4) is 0 Å². The molecule has 2 aromatic rings. The van der Waals surface area contributed by atoms with Crippen molar-refractivity contribution in [2.75, 3.05) is 26.2 Å². The van der Waals surface area contributed by atoms with Crippen LogP contribution in [0.1, 0.15) is 17.0 Å². The van der Waals surface area contributed by atoms with Gasteiger partial charge in [0.25, 0.3) is 10.0 Å². The molecule has 1 aromatic heterocycles. The number of likely N-dealkylation sites (tertiary alicyclic amines) is 2. The molecule has 0 aliphatic carbocycles. The lowest BCUT2D eigenvalue weighted by atomic mass is 10.0. The van der Waals surface area contributed by atoms with Crippen LogP contribution in [0.5, 0.6) is 0 Å². The lowest BCUT2D eigenvalue weighted by Crippen LogP contribution is -2.33. The molecule has 0 saturated carbocycles. The maximum Gasteiger partial charge on any atom is 0.285 e. The molecule has 2 saturated heterocycles. The Morgan fingerprint density at radius 2 is 1.88 bits per heavy atom. The molecule has 0 spiro atoms. The zero-order chi connectivity index (χ0) is 17.9. The Hall–Kier alpha value is -2.19. The standard InChI is InChI=1S/C18H20N4O3S/c1-12-6-15(19-25-12)11-21-7-13-9-22(10-14(13)8-21)18-16-4-2-3-5-17(16)26(23,24)20-18/h2-6,13-14H,7-11H2,1H3. The number of aryl methyl sites for hydroxylation is 1. The Kier molecular flexibility index (Phi) is 3.48. The van der Waals surface area contributed by atoms with Crippen LogP contribution in [0.15, 0.2) is 44.1 Å². The minimum Gasteiger partial charge on any atom is -0.361 e. The third kappa shape index (κ3) is 2.55. The van der Waals surface area contributed by atoms with E-state index in [4.69, 9.17) is 4.52 Å². The number of fused-ring (bicyclic) bond motifs is 2. The third-order valence-electron chi connectivity index (χ3n) is 5.54. The lowest BCUT2D eigenvalue weighted by Gasteiger charge is -2.22. The van der Waals surface area contributed by atoms with Crippen LogP contribution in [-0.4, -0.2) is 55.4 Å². The fourth-order valence-corrected chi connectivity index (χ4v) is 5.66. The first kappa shape index (κ1) is 16.0. The minimum atomic E-state index is -3.55. The first-order valence-electron chi connectivity index (χ1n) is 8.83. The van der Waals surface area contributed by atoms with Crippen molar-refractivity contribution in [2.45, 2.75) is 18.4 Å². The predicted octanol–water partition coefficient (Wildman–Crippen LogP) is 1.50. The van der Waals surface area contributed by atoms with Gasteiger partial charge in [-0.3, -0.25) is 4.90 Å². The van der Waals surface area contributed by atoms with Gasteiger partial charge in [-0.15, -0.1) is 4.40 Å². The number of rotatable bonds is 2. The van der Waals surface area contributed by atoms with Gasteiger partial charge in [-0.2, -0.15) is 8.42 Å². The zero-order valence-corrected chi connectivity index (χ0v) is 15.3. The Balaban J connectivity index is 1.30. The van der Waals surface area contributed by atoms with Crippen LogP contribution in [-0.2, 0) is 16.6 Å². The maximum absolute atomic E-state index is 12.3. The topological polar surface area (TPSA) is 79.0 Å². The van der Waals surface area contributed by atoms with Crippen LogP contribution in [0.3, 0.4) is 0 Å². The molecule has 8 heteroatoms. The van der Waals surface area contributed by atoms with Gasteiger partial charge in [0.15, 0.2) is 5.84 Å². The molecule has 5 rings (SSSR count). The van der Waals surface area contributed by atoms with Gasteiger partial charge in [-0.25, -0.2) is 0 Å². The first-order valence-corrected chi connectivity index (χ1v) is 10.3. The summed E-state index contributed by atoms with van der Waals surface area (Å²) in [7, 11) is -3.55. The highest BCUT2D eigenvalue weighted by molar-refractivity contribution is 7.90. The molecular formula is C18H20N4O3S. The highest BCUT2D eigenvalue weighted by Gasteiger charge is 2.43. The molecule has 0 N–H and O–H groups in total. The highest BCUT2D eigenvalue weighted by atomic mass is 32.2. The largest absolute Gasteiger partial charge is 0.361 e. The molecule has 136 valence electrons. The van der Waals surface area contributed by atoms with E-state index in [1.807, 2.05) is 25.1 Å². The van der Waals surface area contributed by atoms with E-state index in [2.05, 4.69) is 19.4 Å². The van der Waals surface area contributed by atoms with E-state index in [0.29, 0.717) is 22.6 Å². The van der Waals surface area contributed by atoms with E-state index in [-0.39, 0.29) is 0 Å². The molecule has 7 nitrogen and oxygen atoms in total. The molecule has 0 amide bonds. The second-order valence-corrected chi connectivity index (χ2v) is 9.01. The number of hydrogen-bond acceptors (Lipinski definition) is 6. The summed E-state index contributed by atoms with van der Waals surface area (Å²) in [5.41, 5.74) is 1.71. The summed E-state index contributed by atoms with van der Waals surface area (Å²) >= 11 is 0. The minimum absolute atomic E-state index is 0.329. The van der Waals surface area contributed by atoms with Crippen molar-refractivity contribution >= 4 is 15.9 Å². The van der Waals surface area contributed by atoms with Gasteiger partial charge < -0.3 is 9.42 Å². The molecule has 0 bridgehead atoms. The van der Waals surface area contributed by atoms with Crippen molar-refractivity contribution in [2.24, 2.45) is 16.2 Å². The van der Waals surface area contributed by atoms with Gasteiger partial charge in [0.05, 0.1) is 5.69 Å². The third-order valence-corrected chi connectivity index (χ3v) is 6.86. The Bertz CT molecular complexity index is 983. The van der Waals surface area contributed by atoms with Crippen LogP contribution in [0.4, 0.5) is 0 Å². The van der Waals surface area contributed by atoms with Crippen molar-refractivity contribution in [3.05, 3.63) is 47.3 Å². The maximum atomic E-state index is 12.3. The van der Waals surface area contributed by atoms with Crippen LogP contribution in [0, 0.1) is 18.8 Å². The van der Waals surface area contributed by atoms with E-state index in [0.717, 1.165) is 49.7 Å². The van der Waals surface area contributed by atoms with Gasteiger partial charge in [0.2, 0.25) is 0 Å². The summed E-state index contributed by atoms with van der Waals surface area (Å²) in [5.74, 6) is 2.51. The van der Waals surface area contributed by atoms with Gasteiger partial charge in [-0.05, 0) is 30.9 Å². The zero-order valence-electron chi connectivity index (χ0n) is 14.5. The molecule has 1 aromatic carbocycles. The van der Waals surface area contributed by atoms with Crippen LogP contribution in [0.2, 0.25) is 0 Å². The Morgan fingerprint density at radius 3 is 2.58 bits per heavy atom. The molecule has 0 radical (unpaired) electrons. The summed E-state index contributed by atoms with van der Waals surface area (Å²) in [6.45, 7) is 6.40. The Labute approximate surface area is 152 Å². The van der Waals surface area contributed by atoms with Gasteiger partial charge in [0, 0.05) is 44.4 Å². The van der Waals surface area contributed by atoms with E-state index < -0.39 is 10.0 Å². The summed E-state index contributed by atoms with van der Waals surface area (Å²) in [6, 6.07) is 9.09. The average Bonchev–Trinajstić information content (AvgIpc) is 3.32. The van der Waals surface area contributed by atoms with E-state index >= 15 is 0 Å². The number of sulfonamides is 1. The molecule has 3 aliphatic rings. The van der Waals surface area contributed by atoms with E-state index in [1.54, 1.807) is 12.1 Å². The highest BCUT2D eigenvalue weighted by Crippen LogP contribution is 2.35. The quantitative estimate of drug-likeness (QED) is 0.795. The molecule has 4 heterocycles. The molecule has 3 aliphatic heterocycles. The van der Waals surface area contributed by atoms with Crippen molar-refractivity contribution in [3.63, 3.8) is 0 Å². The van der Waals surface area contributed by atoms with Crippen molar-refractivity contribution in [1.29, 1.82) is 0 Å². The van der Waals surface area contributed by atoms with Crippen LogP contribution in [0.25, 0.3) is 0 Å². The van der Waals surface area contributed by atoms with E-state index in [9.17, 15) is 8.42 Å². The fourth-order valence-electron chi connectivity index (χ4n) is 4.43. The molecule has 2 fully saturated rings. The number of nitrogens with zero attached hydrogens (tertiary/aromatic N) is 4. The average molecular weight is 372 g/mol. The van der Waals surface area contributed by atoms with Gasteiger partial charge in [0.1, 0.15) is 10.7 Å². The molecule has 2 unspecified atom stereocenters. The number of benzene rings is 1. The first-order chi connectivity index (χ1) is 12.5. The second-order valence-electron chi connectivity index (χ2n) is 7.43. The molecular weight excluding hydrogens is 352 g/mol. The van der Waals surface area contributed by atoms with Gasteiger partial charge >= 0.3 is 0 Å². The monoisotopic (exact) mass is 372 g/mol. The normalized spacial score (nSPS) is 26.8.